The molecule has 0 radical (unpaired) electrons. The van der Waals surface area contributed by atoms with Gasteiger partial charge in [0, 0.05) is 124 Å². The van der Waals surface area contributed by atoms with Crippen molar-refractivity contribution in [2.45, 2.75) is 81.6 Å². The number of piperidine rings is 2. The number of rotatable bonds is 10. The molecule has 12 rings (SSSR count). The summed E-state index contributed by atoms with van der Waals surface area (Å²) in [6.45, 7) is 6.92. The maximum absolute atomic E-state index is 17.1. The number of halogens is 2. The minimum atomic E-state index is -1.01. The molecule has 5 aromatic rings. The summed E-state index contributed by atoms with van der Waals surface area (Å²) in [5.74, 6) is 0.850. The van der Waals surface area contributed by atoms with Crippen molar-refractivity contribution < 1.29 is 33.1 Å². The van der Waals surface area contributed by atoms with Gasteiger partial charge in [0.15, 0.2) is 5.82 Å². The molecule has 0 aliphatic carbocycles. The maximum Gasteiger partial charge on any atom is 0.319 e. The van der Waals surface area contributed by atoms with E-state index in [0.717, 1.165) is 79.8 Å². The van der Waals surface area contributed by atoms with Crippen LogP contribution in [-0.2, 0) is 14.4 Å². The second-order valence-electron chi connectivity index (χ2n) is 20.8. The Labute approximate surface area is 434 Å². The molecule has 2 N–H and O–H groups in total. The number of likely N-dealkylation sites (tertiary alicyclic amines) is 1. The van der Waals surface area contributed by atoms with Crippen molar-refractivity contribution in [1.82, 2.24) is 45.2 Å². The first-order valence-corrected chi connectivity index (χ1v) is 25.8. The van der Waals surface area contributed by atoms with Crippen LogP contribution in [0.1, 0.15) is 77.6 Å². The lowest BCUT2D eigenvalue weighted by Gasteiger charge is -2.40. The fraction of sp³-hybridized carbons (Fsp3) is 0.455. The number of benzene rings is 3. The van der Waals surface area contributed by atoms with E-state index >= 15 is 4.39 Å². The number of hydrogen-bond donors (Lipinski definition) is 2. The van der Waals surface area contributed by atoms with E-state index in [0.29, 0.717) is 86.1 Å². The first kappa shape index (κ1) is 49.4. The van der Waals surface area contributed by atoms with Crippen molar-refractivity contribution in [2.75, 3.05) is 82.4 Å². The van der Waals surface area contributed by atoms with Crippen molar-refractivity contribution in [1.29, 1.82) is 0 Å². The molecule has 2 bridgehead atoms. The Morgan fingerprint density at radius 2 is 1.55 bits per heavy atom. The van der Waals surface area contributed by atoms with E-state index < -0.39 is 35.5 Å². The van der Waals surface area contributed by atoms with Gasteiger partial charge in [0.1, 0.15) is 29.7 Å². The van der Waals surface area contributed by atoms with Gasteiger partial charge in [-0.3, -0.25) is 49.0 Å². The quantitative estimate of drug-likeness (QED) is 0.146. The summed E-state index contributed by atoms with van der Waals surface area (Å²) in [6.07, 6.45) is 13.2. The van der Waals surface area contributed by atoms with Crippen molar-refractivity contribution in [3.05, 3.63) is 83.3 Å². The summed E-state index contributed by atoms with van der Waals surface area (Å²) in [6, 6.07) is 16.8. The minimum Gasteiger partial charge on any atom is -0.462 e. The predicted octanol–water partition coefficient (Wildman–Crippen LogP) is 4.63. The molecule has 7 aliphatic heterocycles. The molecule has 3 aromatic carbocycles. The summed E-state index contributed by atoms with van der Waals surface area (Å²) in [5, 5.41) is 8.15. The van der Waals surface area contributed by atoms with Crippen LogP contribution in [0.25, 0.3) is 32.9 Å². The van der Waals surface area contributed by atoms with Gasteiger partial charge in [-0.25, -0.2) is 4.39 Å². The van der Waals surface area contributed by atoms with Gasteiger partial charge in [-0.2, -0.15) is 9.97 Å². The van der Waals surface area contributed by atoms with Gasteiger partial charge in [0.2, 0.25) is 17.7 Å². The second kappa shape index (κ2) is 20.2. The molecule has 0 saturated carbocycles. The molecule has 17 nitrogen and oxygen atoms in total. The molecule has 3 unspecified atom stereocenters. The molecule has 0 spiro atoms. The zero-order chi connectivity index (χ0) is 50.1. The van der Waals surface area contributed by atoms with Gasteiger partial charge in [0.05, 0.1) is 16.5 Å². The average Bonchev–Trinajstić information content (AvgIpc) is 4.03. The first-order chi connectivity index (χ1) is 35.5. The minimum absolute atomic E-state index is 0. The highest BCUT2D eigenvalue weighted by molar-refractivity contribution is 6.23. The fourth-order valence-electron chi connectivity index (χ4n) is 12.6. The maximum atomic E-state index is 17.1. The van der Waals surface area contributed by atoms with Gasteiger partial charge in [-0.15, -0.1) is 18.8 Å². The Morgan fingerprint density at radius 3 is 2.30 bits per heavy atom. The number of piperazine rings is 2. The van der Waals surface area contributed by atoms with E-state index in [1.54, 1.807) is 18.3 Å². The molecular weight excluding hydrogens is 965 g/mol. The molecule has 9 heterocycles. The number of anilines is 2. The topological polar surface area (TPSA) is 177 Å². The highest BCUT2D eigenvalue weighted by Gasteiger charge is 2.45. The van der Waals surface area contributed by atoms with Gasteiger partial charge in [0.25, 0.3) is 11.8 Å². The van der Waals surface area contributed by atoms with Crippen LogP contribution >= 0.6 is 12.4 Å². The zero-order valence-corrected chi connectivity index (χ0v) is 42.1. The van der Waals surface area contributed by atoms with E-state index in [1.807, 2.05) is 47.4 Å². The molecule has 6 saturated heterocycles. The second-order valence-corrected chi connectivity index (χ2v) is 20.8. The Balaban J connectivity index is 0.00000588. The van der Waals surface area contributed by atoms with Gasteiger partial charge < -0.3 is 24.8 Å². The van der Waals surface area contributed by atoms with E-state index in [-0.39, 0.29) is 71.5 Å². The standard InChI is InChI=1S/C55H58FN11O6.ClH/c1-3-32-6-4-7-33-8-5-9-41(46(32)33)48-47(56)49-43(27-57-48)50(66-28-35-10-11-36(29-66)58-35)61-55(60-49)73-31-39-13-12-38(62(39)2)30-63-22-24-65(25-23-63)52(70)34-18-20-64(21-19-34)37-14-15-40-42(26-37)54(72)67(53(40)71)44-16-17-45(68)59-51(44)69;/h1,4-9,14-15,26-27,34-36,38-39,44,58H,10-13,16-25,28-31H2,2H3,(H,59,68,69);1H/t35?,36?,38-,39+,44?;/m1./s1. The van der Waals surface area contributed by atoms with Crippen molar-refractivity contribution >= 4 is 75.1 Å². The van der Waals surface area contributed by atoms with Crippen LogP contribution in [0, 0.1) is 24.1 Å². The van der Waals surface area contributed by atoms with Crippen LogP contribution in [0.2, 0.25) is 0 Å². The van der Waals surface area contributed by atoms with Crippen molar-refractivity contribution in [3.63, 3.8) is 0 Å². The monoisotopic (exact) mass is 1020 g/mol. The van der Waals surface area contributed by atoms with Crippen LogP contribution in [0.4, 0.5) is 15.9 Å². The number of hydrogen-bond acceptors (Lipinski definition) is 14. The Morgan fingerprint density at radius 1 is 0.824 bits per heavy atom. The highest BCUT2D eigenvalue weighted by Crippen LogP contribution is 2.38. The summed E-state index contributed by atoms with van der Waals surface area (Å²) < 4.78 is 23.6. The molecule has 2 aromatic heterocycles. The van der Waals surface area contributed by atoms with E-state index in [2.05, 4.69) is 43.2 Å². The van der Waals surface area contributed by atoms with Gasteiger partial charge in [-0.1, -0.05) is 36.3 Å². The summed E-state index contributed by atoms with van der Waals surface area (Å²) >= 11 is 0. The summed E-state index contributed by atoms with van der Waals surface area (Å²) in [7, 11) is 2.14. The number of pyridine rings is 1. The lowest BCUT2D eigenvalue weighted by molar-refractivity contribution is -0.138. The summed E-state index contributed by atoms with van der Waals surface area (Å²) in [5.41, 5.74) is 2.92. The van der Waals surface area contributed by atoms with Crippen LogP contribution in [-0.4, -0.2) is 167 Å². The van der Waals surface area contributed by atoms with E-state index in [4.69, 9.17) is 26.1 Å². The van der Waals surface area contributed by atoms with Crippen LogP contribution in [0.15, 0.2) is 60.8 Å². The predicted molar refractivity (Wildman–Crippen MR) is 279 cm³/mol. The number of nitrogens with zero attached hydrogens (tertiary/aromatic N) is 9. The van der Waals surface area contributed by atoms with Gasteiger partial charge in [-0.05, 0) is 81.6 Å². The number of carbonyl (C=O) groups is 5. The zero-order valence-electron chi connectivity index (χ0n) is 41.3. The molecular formula is C55H59ClFN11O6. The van der Waals surface area contributed by atoms with Crippen LogP contribution < -0.4 is 25.2 Å². The molecule has 5 atom stereocenters. The Hall–Kier alpha value is -6.78. The van der Waals surface area contributed by atoms with E-state index in [9.17, 15) is 24.0 Å². The number of carbonyl (C=O) groups excluding carboxylic acids is 5. The van der Waals surface area contributed by atoms with Crippen LogP contribution in [0.3, 0.4) is 0 Å². The third kappa shape index (κ3) is 8.96. The lowest BCUT2D eigenvalue weighted by atomic mass is 9.94. The van der Waals surface area contributed by atoms with Crippen molar-refractivity contribution in [3.8, 4) is 29.6 Å². The van der Waals surface area contributed by atoms with E-state index in [1.165, 1.54) is 0 Å². The normalized spacial score (nSPS) is 24.6. The average molecular weight is 1020 g/mol. The number of likely N-dealkylation sites (N-methyl/N-ethyl adjacent to an activating group) is 1. The highest BCUT2D eigenvalue weighted by atomic mass is 35.5. The number of nitrogens with one attached hydrogen (secondary N) is 2. The molecule has 384 valence electrons. The molecule has 19 heteroatoms. The number of imide groups is 2. The number of aromatic nitrogens is 3. The van der Waals surface area contributed by atoms with Gasteiger partial charge >= 0.3 is 6.01 Å². The lowest BCUT2D eigenvalue weighted by Crippen LogP contribution is -2.54. The molecule has 7 aliphatic rings. The molecule has 5 amide bonds. The van der Waals surface area contributed by atoms with Crippen LogP contribution in [0.5, 0.6) is 6.01 Å². The number of terminal acetylenes is 1. The SMILES string of the molecule is C#Cc1cccc2cccc(-c3ncc4c(N5CC6CCC(C5)N6)nc(OC[C@@H]5CC[C@H](CN6CCN(C(=O)C7CCN(c8ccc9c(c8)C(=O)N(C8CCC(=O)NC8=O)C9=O)CC7)CC6)N5C)nc4c3F)c12.Cl. The third-order valence-corrected chi connectivity index (χ3v) is 16.7. The third-order valence-electron chi connectivity index (χ3n) is 16.7. The smallest absolute Gasteiger partial charge is 0.319 e. The fourth-order valence-corrected chi connectivity index (χ4v) is 12.6. The Kier molecular flexibility index (Phi) is 13.5. The summed E-state index contributed by atoms with van der Waals surface area (Å²) in [4.78, 5) is 91.4. The number of amides is 5. The largest absolute Gasteiger partial charge is 0.462 e. The number of ether oxygens (including phenoxy) is 1. The van der Waals surface area contributed by atoms with Crippen molar-refractivity contribution in [2.24, 2.45) is 5.92 Å². The molecule has 6 fully saturated rings. The Bertz CT molecular complexity index is 3120. The first-order valence-electron chi connectivity index (χ1n) is 25.8. The molecule has 74 heavy (non-hydrogen) atoms. The number of fused-ring (bicyclic) bond motifs is 5.